The maximum absolute atomic E-state index is 12.4. The van der Waals surface area contributed by atoms with Gasteiger partial charge in [-0.1, -0.05) is 19.0 Å². The summed E-state index contributed by atoms with van der Waals surface area (Å²) in [6.07, 6.45) is 3.52. The van der Waals surface area contributed by atoms with E-state index in [1.54, 1.807) is 12.3 Å². The van der Waals surface area contributed by atoms with Gasteiger partial charge in [0.1, 0.15) is 0 Å². The van der Waals surface area contributed by atoms with Gasteiger partial charge >= 0.3 is 0 Å². The summed E-state index contributed by atoms with van der Waals surface area (Å²) in [5.74, 6) is 1.10. The number of hydrogen-bond acceptors (Lipinski definition) is 4. The third kappa shape index (κ3) is 2.99. The summed E-state index contributed by atoms with van der Waals surface area (Å²) in [4.78, 5) is 14.3. The van der Waals surface area contributed by atoms with Gasteiger partial charge in [0.15, 0.2) is 0 Å². The standard InChI is InChI=1S/C15H20N4O2/c1-10(2)7-12-8-14(21-18-12)15(20)19-6-4-11(9-19)13-3-5-16-17-13/h3,5,8,10-11H,4,6-7,9H2,1-2H3,(H,16,17)/t11-/m0/s1. The molecule has 1 amide bonds. The van der Waals surface area contributed by atoms with E-state index >= 15 is 0 Å². The number of aromatic amines is 1. The van der Waals surface area contributed by atoms with Crippen molar-refractivity contribution in [1.82, 2.24) is 20.3 Å². The molecule has 0 saturated carbocycles. The van der Waals surface area contributed by atoms with Gasteiger partial charge in [0.25, 0.3) is 5.91 Å². The first-order chi connectivity index (χ1) is 10.1. The highest BCUT2D eigenvalue weighted by atomic mass is 16.5. The van der Waals surface area contributed by atoms with Crippen LogP contribution in [-0.2, 0) is 6.42 Å². The van der Waals surface area contributed by atoms with Gasteiger partial charge in [-0.15, -0.1) is 0 Å². The van der Waals surface area contributed by atoms with E-state index in [9.17, 15) is 4.79 Å². The molecule has 3 heterocycles. The smallest absolute Gasteiger partial charge is 0.292 e. The molecule has 1 aliphatic heterocycles. The lowest BCUT2D eigenvalue weighted by Gasteiger charge is -2.13. The van der Waals surface area contributed by atoms with Crippen LogP contribution in [0.15, 0.2) is 22.9 Å². The van der Waals surface area contributed by atoms with Crippen LogP contribution < -0.4 is 0 Å². The molecular weight excluding hydrogens is 268 g/mol. The molecule has 0 spiro atoms. The predicted molar refractivity (Wildman–Crippen MR) is 76.9 cm³/mol. The number of rotatable bonds is 4. The topological polar surface area (TPSA) is 75.0 Å². The van der Waals surface area contributed by atoms with Gasteiger partial charge in [-0.25, -0.2) is 0 Å². The first-order valence-corrected chi connectivity index (χ1v) is 7.37. The predicted octanol–water partition coefficient (Wildman–Crippen LogP) is 2.23. The molecule has 0 aromatic carbocycles. The summed E-state index contributed by atoms with van der Waals surface area (Å²) in [6.45, 7) is 5.67. The molecule has 6 heteroatoms. The van der Waals surface area contributed by atoms with Gasteiger partial charge in [0.05, 0.1) is 5.69 Å². The highest BCUT2D eigenvalue weighted by Gasteiger charge is 2.30. The van der Waals surface area contributed by atoms with Crippen LogP contribution in [0.1, 0.15) is 48.1 Å². The van der Waals surface area contributed by atoms with Gasteiger partial charge in [-0.2, -0.15) is 5.10 Å². The molecule has 21 heavy (non-hydrogen) atoms. The Balaban J connectivity index is 1.65. The summed E-state index contributed by atoms with van der Waals surface area (Å²) in [7, 11) is 0. The average molecular weight is 288 g/mol. The van der Waals surface area contributed by atoms with Crippen molar-refractivity contribution in [2.75, 3.05) is 13.1 Å². The second kappa shape index (κ2) is 5.71. The fraction of sp³-hybridized carbons (Fsp3) is 0.533. The van der Waals surface area contributed by atoms with Gasteiger partial charge in [-0.3, -0.25) is 9.89 Å². The van der Waals surface area contributed by atoms with E-state index in [0.717, 1.165) is 30.8 Å². The quantitative estimate of drug-likeness (QED) is 0.936. The molecule has 1 saturated heterocycles. The van der Waals surface area contributed by atoms with E-state index in [4.69, 9.17) is 4.52 Å². The monoisotopic (exact) mass is 288 g/mol. The zero-order valence-corrected chi connectivity index (χ0v) is 12.4. The summed E-state index contributed by atoms with van der Waals surface area (Å²) < 4.78 is 5.20. The number of likely N-dealkylation sites (tertiary alicyclic amines) is 1. The Kier molecular flexibility index (Phi) is 3.77. The molecule has 6 nitrogen and oxygen atoms in total. The van der Waals surface area contributed by atoms with Crippen LogP contribution in [0.25, 0.3) is 0 Å². The van der Waals surface area contributed by atoms with Gasteiger partial charge < -0.3 is 9.42 Å². The molecule has 0 bridgehead atoms. The Bertz CT molecular complexity index is 603. The number of carbonyl (C=O) groups excluding carboxylic acids is 1. The zero-order valence-electron chi connectivity index (χ0n) is 12.4. The summed E-state index contributed by atoms with van der Waals surface area (Å²) >= 11 is 0. The van der Waals surface area contributed by atoms with E-state index < -0.39 is 0 Å². The van der Waals surface area contributed by atoms with E-state index in [1.165, 1.54) is 0 Å². The largest absolute Gasteiger partial charge is 0.351 e. The van der Waals surface area contributed by atoms with Crippen LogP contribution in [0.2, 0.25) is 0 Å². The van der Waals surface area contributed by atoms with E-state index in [2.05, 4.69) is 29.2 Å². The number of hydrogen-bond donors (Lipinski definition) is 1. The first kappa shape index (κ1) is 13.9. The maximum Gasteiger partial charge on any atom is 0.292 e. The summed E-state index contributed by atoms with van der Waals surface area (Å²) in [5.41, 5.74) is 1.93. The Morgan fingerprint density at radius 1 is 1.57 bits per heavy atom. The van der Waals surface area contributed by atoms with E-state index in [1.807, 2.05) is 11.0 Å². The lowest BCUT2D eigenvalue weighted by molar-refractivity contribution is 0.0749. The number of H-pyrrole nitrogens is 1. The highest BCUT2D eigenvalue weighted by molar-refractivity contribution is 5.91. The van der Waals surface area contributed by atoms with Crippen molar-refractivity contribution < 1.29 is 9.32 Å². The van der Waals surface area contributed by atoms with Gasteiger partial charge in [-0.05, 0) is 24.8 Å². The number of carbonyl (C=O) groups is 1. The number of nitrogens with one attached hydrogen (secondary N) is 1. The van der Waals surface area contributed by atoms with Crippen LogP contribution >= 0.6 is 0 Å². The van der Waals surface area contributed by atoms with Crippen molar-refractivity contribution in [3.63, 3.8) is 0 Å². The van der Waals surface area contributed by atoms with Crippen molar-refractivity contribution in [2.45, 2.75) is 32.6 Å². The lowest BCUT2D eigenvalue weighted by atomic mass is 10.1. The van der Waals surface area contributed by atoms with Gasteiger partial charge in [0, 0.05) is 37.0 Å². The van der Waals surface area contributed by atoms with Crippen LogP contribution in [0.5, 0.6) is 0 Å². The summed E-state index contributed by atoms with van der Waals surface area (Å²) in [5, 5.41) is 10.9. The SMILES string of the molecule is CC(C)Cc1cc(C(=O)N2CC[C@H](c3ccn[nH]3)C2)on1. The van der Waals surface area contributed by atoms with Crippen LogP contribution in [0, 0.1) is 5.92 Å². The van der Waals surface area contributed by atoms with E-state index in [-0.39, 0.29) is 5.91 Å². The highest BCUT2D eigenvalue weighted by Crippen LogP contribution is 2.26. The molecule has 2 aromatic heterocycles. The molecule has 1 N–H and O–H groups in total. The second-order valence-electron chi connectivity index (χ2n) is 6.03. The van der Waals surface area contributed by atoms with Crippen molar-refractivity contribution in [3.05, 3.63) is 35.5 Å². The average Bonchev–Trinajstić information content (AvgIpc) is 3.18. The molecule has 1 fully saturated rings. The van der Waals surface area contributed by atoms with Crippen LogP contribution in [0.4, 0.5) is 0 Å². The van der Waals surface area contributed by atoms with Crippen molar-refractivity contribution in [1.29, 1.82) is 0 Å². The Hall–Kier alpha value is -2.11. The minimum absolute atomic E-state index is 0.0699. The third-order valence-corrected chi connectivity index (χ3v) is 3.82. The van der Waals surface area contributed by atoms with Crippen molar-refractivity contribution in [2.24, 2.45) is 5.92 Å². The third-order valence-electron chi connectivity index (χ3n) is 3.82. The molecule has 112 valence electrons. The Morgan fingerprint density at radius 3 is 3.14 bits per heavy atom. The molecular formula is C15H20N4O2. The molecule has 0 aliphatic carbocycles. The zero-order chi connectivity index (χ0) is 14.8. The molecule has 1 atom stereocenters. The van der Waals surface area contributed by atoms with Crippen LogP contribution in [-0.4, -0.2) is 39.3 Å². The fourth-order valence-corrected chi connectivity index (χ4v) is 2.78. The maximum atomic E-state index is 12.4. The Morgan fingerprint density at radius 2 is 2.43 bits per heavy atom. The normalized spacial score (nSPS) is 18.6. The first-order valence-electron chi connectivity index (χ1n) is 7.37. The number of amides is 1. The lowest BCUT2D eigenvalue weighted by Crippen LogP contribution is -2.28. The number of aromatic nitrogens is 3. The molecule has 0 radical (unpaired) electrons. The summed E-state index contributed by atoms with van der Waals surface area (Å²) in [6, 6.07) is 3.74. The van der Waals surface area contributed by atoms with E-state index in [0.29, 0.717) is 24.1 Å². The van der Waals surface area contributed by atoms with Crippen molar-refractivity contribution in [3.8, 4) is 0 Å². The van der Waals surface area contributed by atoms with Gasteiger partial charge in [0.2, 0.25) is 5.76 Å². The number of nitrogens with zero attached hydrogens (tertiary/aromatic N) is 3. The fourth-order valence-electron chi connectivity index (χ4n) is 2.78. The minimum atomic E-state index is -0.0699. The second-order valence-corrected chi connectivity index (χ2v) is 6.03. The molecule has 3 rings (SSSR count). The molecule has 0 unspecified atom stereocenters. The van der Waals surface area contributed by atoms with Crippen LogP contribution in [0.3, 0.4) is 0 Å². The van der Waals surface area contributed by atoms with Crippen molar-refractivity contribution >= 4 is 5.91 Å². The Labute approximate surface area is 123 Å². The minimum Gasteiger partial charge on any atom is -0.351 e. The molecule has 2 aromatic rings. The molecule has 1 aliphatic rings.